The number of carbonyl (C=O) groups is 1. The van der Waals surface area contributed by atoms with E-state index in [0.717, 1.165) is 33.6 Å². The van der Waals surface area contributed by atoms with Crippen LogP contribution in [0.3, 0.4) is 0 Å². The van der Waals surface area contributed by atoms with Gasteiger partial charge in [0, 0.05) is 23.7 Å². The van der Waals surface area contributed by atoms with Crippen LogP contribution in [0.5, 0.6) is 0 Å². The number of carbonyl (C=O) groups excluding carboxylic acids is 1. The van der Waals surface area contributed by atoms with Gasteiger partial charge in [-0.05, 0) is 43.7 Å². The van der Waals surface area contributed by atoms with Crippen LogP contribution in [0.15, 0.2) is 52.3 Å². The fourth-order valence-electron chi connectivity index (χ4n) is 3.61. The Morgan fingerprint density at radius 1 is 1.14 bits per heavy atom. The van der Waals surface area contributed by atoms with Gasteiger partial charge in [-0.1, -0.05) is 18.2 Å². The van der Waals surface area contributed by atoms with Crippen LogP contribution in [0.25, 0.3) is 22.4 Å². The summed E-state index contributed by atoms with van der Waals surface area (Å²) >= 11 is 1.48. The molecule has 5 rings (SSSR count). The number of nitrogens with zero attached hydrogens (tertiary/aromatic N) is 3. The van der Waals surface area contributed by atoms with Crippen molar-refractivity contribution >= 4 is 45.2 Å². The van der Waals surface area contributed by atoms with Crippen molar-refractivity contribution in [3.05, 3.63) is 53.4 Å². The Morgan fingerprint density at radius 3 is 2.79 bits per heavy atom. The number of nitrogens with one attached hydrogen (secondary N) is 1. The first-order valence-electron chi connectivity index (χ1n) is 8.95. The Balaban J connectivity index is 1.45. The molecule has 28 heavy (non-hydrogen) atoms. The molecule has 3 heterocycles. The smallest absolute Gasteiger partial charge is 0.302 e. The molecule has 2 aromatic heterocycles. The first kappa shape index (κ1) is 16.9. The van der Waals surface area contributed by atoms with Crippen molar-refractivity contribution < 1.29 is 9.21 Å². The van der Waals surface area contributed by atoms with Crippen LogP contribution < -0.4 is 10.2 Å². The molecule has 7 heteroatoms. The van der Waals surface area contributed by atoms with Crippen molar-refractivity contribution in [3.63, 3.8) is 0 Å². The molecule has 0 radical (unpaired) electrons. The van der Waals surface area contributed by atoms with Gasteiger partial charge in [-0.15, -0.1) is 11.3 Å². The Bertz CT molecular complexity index is 1190. The summed E-state index contributed by atoms with van der Waals surface area (Å²) in [6, 6.07) is 14.1. The summed E-state index contributed by atoms with van der Waals surface area (Å²) in [5, 5.41) is 5.82. The van der Waals surface area contributed by atoms with Gasteiger partial charge >= 0.3 is 6.01 Å². The van der Waals surface area contributed by atoms with Crippen LogP contribution in [-0.2, 0) is 10.2 Å². The number of rotatable bonds is 3. The standard InChI is InChI=1S/C21H18N4O2S/c1-21(2)13-10-12(8-9-16(13)25(3)18(21)26)15-11-28-20(23-15)24-19-22-14-6-4-5-7-17(14)27-19/h4-11H,1-3H3,(H,22,23,24). The van der Waals surface area contributed by atoms with E-state index in [1.807, 2.05) is 62.7 Å². The number of fused-ring (bicyclic) bond motifs is 2. The summed E-state index contributed by atoms with van der Waals surface area (Å²) in [6.07, 6.45) is 0. The Labute approximate surface area is 165 Å². The molecule has 2 aromatic carbocycles. The number of thiazole rings is 1. The van der Waals surface area contributed by atoms with Gasteiger partial charge in [0.2, 0.25) is 5.91 Å². The van der Waals surface area contributed by atoms with Gasteiger partial charge in [0.15, 0.2) is 10.7 Å². The maximum atomic E-state index is 12.5. The van der Waals surface area contributed by atoms with Gasteiger partial charge in [0.05, 0.1) is 11.1 Å². The number of hydrogen-bond donors (Lipinski definition) is 1. The van der Waals surface area contributed by atoms with E-state index >= 15 is 0 Å². The molecule has 0 saturated carbocycles. The topological polar surface area (TPSA) is 71.3 Å². The summed E-state index contributed by atoms with van der Waals surface area (Å²) in [7, 11) is 1.82. The molecule has 0 atom stereocenters. The number of hydrogen-bond acceptors (Lipinski definition) is 6. The highest BCUT2D eigenvalue weighted by Gasteiger charge is 2.42. The molecule has 1 aliphatic heterocycles. The zero-order valence-electron chi connectivity index (χ0n) is 15.7. The Morgan fingerprint density at radius 2 is 1.96 bits per heavy atom. The normalized spacial score (nSPS) is 15.2. The molecule has 140 valence electrons. The van der Waals surface area contributed by atoms with E-state index in [1.54, 1.807) is 4.90 Å². The van der Waals surface area contributed by atoms with Crippen molar-refractivity contribution in [1.29, 1.82) is 0 Å². The fraction of sp³-hybridized carbons (Fsp3) is 0.190. The van der Waals surface area contributed by atoms with Crippen LogP contribution in [-0.4, -0.2) is 22.9 Å². The van der Waals surface area contributed by atoms with Gasteiger partial charge < -0.3 is 9.32 Å². The number of para-hydroxylation sites is 2. The molecule has 0 fully saturated rings. The minimum absolute atomic E-state index is 0.108. The van der Waals surface area contributed by atoms with Gasteiger partial charge in [-0.3, -0.25) is 10.1 Å². The first-order valence-corrected chi connectivity index (χ1v) is 9.82. The van der Waals surface area contributed by atoms with Crippen LogP contribution in [0.1, 0.15) is 19.4 Å². The molecule has 1 amide bonds. The lowest BCUT2D eigenvalue weighted by atomic mass is 9.85. The zero-order valence-corrected chi connectivity index (χ0v) is 16.5. The molecule has 1 aliphatic rings. The first-order chi connectivity index (χ1) is 13.4. The third-order valence-electron chi connectivity index (χ3n) is 5.18. The summed E-state index contributed by atoms with van der Waals surface area (Å²) in [4.78, 5) is 23.3. The van der Waals surface area contributed by atoms with Crippen LogP contribution >= 0.6 is 11.3 Å². The lowest BCUT2D eigenvalue weighted by Gasteiger charge is -2.16. The van der Waals surface area contributed by atoms with E-state index in [0.29, 0.717) is 11.1 Å². The molecule has 1 N–H and O–H groups in total. The highest BCUT2D eigenvalue weighted by atomic mass is 32.1. The predicted octanol–water partition coefficient (Wildman–Crippen LogP) is 4.95. The van der Waals surface area contributed by atoms with Gasteiger partial charge in [-0.25, -0.2) is 4.98 Å². The van der Waals surface area contributed by atoms with Gasteiger partial charge in [-0.2, -0.15) is 4.98 Å². The van der Waals surface area contributed by atoms with Crippen LogP contribution in [0.2, 0.25) is 0 Å². The van der Waals surface area contributed by atoms with Crippen molar-refractivity contribution in [2.45, 2.75) is 19.3 Å². The minimum atomic E-state index is -0.532. The van der Waals surface area contributed by atoms with E-state index < -0.39 is 5.41 Å². The van der Waals surface area contributed by atoms with E-state index in [4.69, 9.17) is 4.42 Å². The molecule has 6 nitrogen and oxygen atoms in total. The van der Waals surface area contributed by atoms with E-state index in [1.165, 1.54) is 11.3 Å². The number of benzene rings is 2. The van der Waals surface area contributed by atoms with Crippen molar-refractivity contribution in [1.82, 2.24) is 9.97 Å². The van der Waals surface area contributed by atoms with E-state index in [2.05, 4.69) is 21.4 Å². The largest absolute Gasteiger partial charge is 0.423 e. The maximum Gasteiger partial charge on any atom is 0.302 e. The average Bonchev–Trinajstić information content (AvgIpc) is 3.36. The number of oxazole rings is 1. The molecule has 0 saturated heterocycles. The fourth-order valence-corrected chi connectivity index (χ4v) is 4.32. The molecule has 0 unspecified atom stereocenters. The second-order valence-electron chi connectivity index (χ2n) is 7.37. The lowest BCUT2D eigenvalue weighted by molar-refractivity contribution is -0.121. The SMILES string of the molecule is CN1C(=O)C(C)(C)c2cc(-c3csc(Nc4nc5ccccc5o4)n3)ccc21. The van der Waals surface area contributed by atoms with Crippen molar-refractivity contribution in [3.8, 4) is 11.3 Å². The number of likely N-dealkylation sites (N-methyl/N-ethyl adjacent to an activating group) is 1. The van der Waals surface area contributed by atoms with Crippen molar-refractivity contribution in [2.75, 3.05) is 17.3 Å². The highest BCUT2D eigenvalue weighted by Crippen LogP contribution is 2.42. The molecule has 0 spiro atoms. The van der Waals surface area contributed by atoms with E-state index in [9.17, 15) is 4.79 Å². The summed E-state index contributed by atoms with van der Waals surface area (Å²) in [5.74, 6) is 0.108. The molecule has 0 bridgehead atoms. The van der Waals surface area contributed by atoms with Gasteiger partial charge in [0.25, 0.3) is 0 Å². The molecule has 0 aliphatic carbocycles. The lowest BCUT2D eigenvalue weighted by Crippen LogP contribution is -2.33. The maximum absolute atomic E-state index is 12.5. The van der Waals surface area contributed by atoms with Crippen LogP contribution in [0, 0.1) is 0 Å². The average molecular weight is 390 g/mol. The molecule has 4 aromatic rings. The monoisotopic (exact) mass is 390 g/mol. The highest BCUT2D eigenvalue weighted by molar-refractivity contribution is 7.14. The number of amides is 1. The summed E-state index contributed by atoms with van der Waals surface area (Å²) in [5.41, 5.74) is 4.82. The van der Waals surface area contributed by atoms with Crippen LogP contribution in [0.4, 0.5) is 16.8 Å². The molecular weight excluding hydrogens is 372 g/mol. The quantitative estimate of drug-likeness (QED) is 0.536. The Kier molecular flexibility index (Phi) is 3.57. The molecular formula is C21H18N4O2S. The second-order valence-corrected chi connectivity index (χ2v) is 8.23. The van der Waals surface area contributed by atoms with Crippen molar-refractivity contribution in [2.24, 2.45) is 0 Å². The minimum Gasteiger partial charge on any atom is -0.423 e. The summed E-state index contributed by atoms with van der Waals surface area (Å²) in [6.45, 7) is 3.92. The predicted molar refractivity (Wildman–Crippen MR) is 111 cm³/mol. The number of aromatic nitrogens is 2. The Hall–Kier alpha value is -3.19. The third kappa shape index (κ3) is 2.51. The third-order valence-corrected chi connectivity index (χ3v) is 5.94. The van der Waals surface area contributed by atoms with E-state index in [-0.39, 0.29) is 5.91 Å². The second kappa shape index (κ2) is 5.90. The number of anilines is 3. The summed E-state index contributed by atoms with van der Waals surface area (Å²) < 4.78 is 5.70. The van der Waals surface area contributed by atoms with Gasteiger partial charge in [0.1, 0.15) is 5.52 Å². The zero-order chi connectivity index (χ0) is 19.5.